The van der Waals surface area contributed by atoms with Crippen LogP contribution < -0.4 is 35.7 Å². The third kappa shape index (κ3) is 5.23. The fourth-order valence-electron chi connectivity index (χ4n) is 9.38. The van der Waals surface area contributed by atoms with E-state index >= 15 is 0 Å². The van der Waals surface area contributed by atoms with Crippen LogP contribution in [0.3, 0.4) is 0 Å². The summed E-state index contributed by atoms with van der Waals surface area (Å²) in [6.45, 7) is -0.166. The number of aromatic nitrogens is 1. The maximum absolute atomic E-state index is 7.06. The van der Waals surface area contributed by atoms with Gasteiger partial charge in [-0.2, -0.15) is 0 Å². The zero-order valence-corrected chi connectivity index (χ0v) is 31.9. The molecule has 10 aromatic rings. The SMILES string of the molecule is c1ccc(N(c2ccccc2)c2cc3c(c4ccccc24)B2c4c(cccc4Oc4cc(N(c5ccncc5)c5cccc6ccccc56)c5ccccc5c42)O3)cc1. The first-order chi connectivity index (χ1) is 29.3. The van der Waals surface area contributed by atoms with Crippen molar-refractivity contribution in [2.24, 2.45) is 0 Å². The topological polar surface area (TPSA) is 37.8 Å². The van der Waals surface area contributed by atoms with Gasteiger partial charge < -0.3 is 19.3 Å². The van der Waals surface area contributed by atoms with Gasteiger partial charge in [0, 0.05) is 63.2 Å². The van der Waals surface area contributed by atoms with Gasteiger partial charge in [0.2, 0.25) is 0 Å². The molecule has 9 aromatic carbocycles. The fraction of sp³-hybridized carbons (Fsp3) is 0. The molecule has 2 aliphatic heterocycles. The molecule has 276 valence electrons. The number of benzene rings is 9. The van der Waals surface area contributed by atoms with Crippen molar-refractivity contribution in [2.45, 2.75) is 0 Å². The molecule has 12 rings (SSSR count). The number of hydrogen-bond donors (Lipinski definition) is 0. The van der Waals surface area contributed by atoms with Crippen LogP contribution in [-0.2, 0) is 0 Å². The van der Waals surface area contributed by atoms with Crippen LogP contribution >= 0.6 is 0 Å². The van der Waals surface area contributed by atoms with Crippen LogP contribution in [-0.4, -0.2) is 11.7 Å². The summed E-state index contributed by atoms with van der Waals surface area (Å²) in [7, 11) is 0. The Labute approximate surface area is 342 Å². The molecule has 0 atom stereocenters. The Balaban J connectivity index is 1.14. The molecule has 0 spiro atoms. The Bertz CT molecular complexity index is 3200. The van der Waals surface area contributed by atoms with Gasteiger partial charge in [0.1, 0.15) is 23.0 Å². The predicted molar refractivity (Wildman–Crippen MR) is 244 cm³/mol. The second kappa shape index (κ2) is 13.4. The average Bonchev–Trinajstić information content (AvgIpc) is 3.30. The van der Waals surface area contributed by atoms with Crippen molar-refractivity contribution in [1.29, 1.82) is 0 Å². The van der Waals surface area contributed by atoms with Gasteiger partial charge in [-0.15, -0.1) is 0 Å². The minimum atomic E-state index is -0.166. The van der Waals surface area contributed by atoms with E-state index in [9.17, 15) is 0 Å². The standard InChI is InChI=1S/C53H34BN3O2/c1-3-17-36(18-4-1)56(37-19-5-2-6-20-37)45-33-49-51(42-24-11-9-22-40(42)45)54-52-43-25-12-10-23-41(43)46(34-50(52)59-48-28-14-27-47(58-49)53(48)54)57(38-29-31-55-32-30-38)44-26-13-16-35-15-7-8-21-39(35)44/h1-34H. The normalized spacial score (nSPS) is 12.3. The molecule has 0 saturated carbocycles. The van der Waals surface area contributed by atoms with Crippen molar-refractivity contribution in [1.82, 2.24) is 4.98 Å². The lowest BCUT2D eigenvalue weighted by Gasteiger charge is -2.37. The van der Waals surface area contributed by atoms with Crippen LogP contribution in [0.25, 0.3) is 32.3 Å². The van der Waals surface area contributed by atoms with Gasteiger partial charge in [0.05, 0.1) is 17.1 Å². The van der Waals surface area contributed by atoms with E-state index < -0.39 is 0 Å². The Morgan fingerprint density at radius 2 is 0.797 bits per heavy atom. The number of anilines is 6. The van der Waals surface area contributed by atoms with Crippen LogP contribution in [0.5, 0.6) is 23.0 Å². The number of pyridine rings is 1. The summed E-state index contributed by atoms with van der Waals surface area (Å²) < 4.78 is 14.1. The van der Waals surface area contributed by atoms with E-state index in [0.717, 1.165) is 100 Å². The first kappa shape index (κ1) is 33.3. The minimum absolute atomic E-state index is 0.166. The molecule has 3 heterocycles. The largest absolute Gasteiger partial charge is 0.458 e. The highest BCUT2D eigenvalue weighted by Gasteiger charge is 2.43. The molecule has 0 bridgehead atoms. The van der Waals surface area contributed by atoms with Crippen molar-refractivity contribution in [2.75, 3.05) is 9.80 Å². The molecule has 5 nitrogen and oxygen atoms in total. The van der Waals surface area contributed by atoms with Crippen molar-refractivity contribution in [3.8, 4) is 23.0 Å². The van der Waals surface area contributed by atoms with E-state index in [-0.39, 0.29) is 6.71 Å². The van der Waals surface area contributed by atoms with Gasteiger partial charge in [0.25, 0.3) is 6.71 Å². The molecule has 0 aliphatic carbocycles. The van der Waals surface area contributed by atoms with E-state index in [0.29, 0.717) is 0 Å². The summed E-state index contributed by atoms with van der Waals surface area (Å²) in [4.78, 5) is 9.08. The van der Waals surface area contributed by atoms with Crippen LogP contribution in [0, 0.1) is 0 Å². The maximum Gasteiger partial charge on any atom is 0.262 e. The summed E-state index contributed by atoms with van der Waals surface area (Å²) in [5.41, 5.74) is 9.61. The highest BCUT2D eigenvalue weighted by Crippen LogP contribution is 2.47. The number of nitrogens with zero attached hydrogens (tertiary/aromatic N) is 3. The van der Waals surface area contributed by atoms with E-state index in [1.165, 1.54) is 5.39 Å². The highest BCUT2D eigenvalue weighted by molar-refractivity contribution is 7.01. The average molecular weight is 756 g/mol. The fourth-order valence-corrected chi connectivity index (χ4v) is 9.38. The molecule has 2 aliphatic rings. The summed E-state index contributed by atoms with van der Waals surface area (Å²) >= 11 is 0. The van der Waals surface area contributed by atoms with Gasteiger partial charge in [0.15, 0.2) is 0 Å². The molecule has 6 heteroatoms. The first-order valence-electron chi connectivity index (χ1n) is 20.0. The van der Waals surface area contributed by atoms with Crippen molar-refractivity contribution < 1.29 is 9.47 Å². The summed E-state index contributed by atoms with van der Waals surface area (Å²) in [6, 6.07) is 68.6. The zero-order valence-electron chi connectivity index (χ0n) is 31.9. The highest BCUT2D eigenvalue weighted by atomic mass is 16.5. The molecule has 0 fully saturated rings. The Kier molecular flexibility index (Phi) is 7.57. The van der Waals surface area contributed by atoms with Gasteiger partial charge in [-0.1, -0.05) is 127 Å². The smallest absolute Gasteiger partial charge is 0.262 e. The lowest BCUT2D eigenvalue weighted by atomic mass is 9.33. The van der Waals surface area contributed by atoms with Crippen molar-refractivity contribution in [3.05, 3.63) is 207 Å². The monoisotopic (exact) mass is 755 g/mol. The van der Waals surface area contributed by atoms with Crippen LogP contribution in [0.2, 0.25) is 0 Å². The summed E-state index contributed by atoms with van der Waals surface area (Å²) in [6.07, 6.45) is 3.72. The minimum Gasteiger partial charge on any atom is -0.458 e. The number of ether oxygens (including phenoxy) is 2. The number of rotatable bonds is 6. The quantitative estimate of drug-likeness (QED) is 0.158. The second-order valence-corrected chi connectivity index (χ2v) is 15.1. The molecule has 0 radical (unpaired) electrons. The summed E-state index contributed by atoms with van der Waals surface area (Å²) in [5, 5.41) is 6.85. The number of fused-ring (bicyclic) bond motifs is 9. The molecule has 0 amide bonds. The third-order valence-corrected chi connectivity index (χ3v) is 11.8. The van der Waals surface area contributed by atoms with Gasteiger partial charge in [-0.05, 0) is 81.7 Å². The van der Waals surface area contributed by atoms with E-state index in [2.05, 4.69) is 203 Å². The van der Waals surface area contributed by atoms with Gasteiger partial charge in [-0.3, -0.25) is 4.98 Å². The van der Waals surface area contributed by atoms with Crippen LogP contribution in [0.15, 0.2) is 207 Å². The molecule has 0 saturated heterocycles. The molecule has 1 aromatic heterocycles. The molecular weight excluding hydrogens is 721 g/mol. The predicted octanol–water partition coefficient (Wildman–Crippen LogP) is 12.2. The summed E-state index contributed by atoms with van der Waals surface area (Å²) in [5.74, 6) is 3.26. The first-order valence-corrected chi connectivity index (χ1v) is 20.0. The van der Waals surface area contributed by atoms with Crippen molar-refractivity contribution in [3.63, 3.8) is 0 Å². The number of para-hydroxylation sites is 2. The Morgan fingerprint density at radius 3 is 1.39 bits per heavy atom. The third-order valence-electron chi connectivity index (χ3n) is 11.8. The Morgan fingerprint density at radius 1 is 0.339 bits per heavy atom. The maximum atomic E-state index is 7.06. The van der Waals surface area contributed by atoms with Crippen molar-refractivity contribution >= 4 is 89.5 Å². The zero-order chi connectivity index (χ0) is 38.9. The van der Waals surface area contributed by atoms with Crippen LogP contribution in [0.4, 0.5) is 34.1 Å². The lowest BCUT2D eigenvalue weighted by molar-refractivity contribution is 0.465. The second-order valence-electron chi connectivity index (χ2n) is 15.1. The molecule has 59 heavy (non-hydrogen) atoms. The lowest BCUT2D eigenvalue weighted by Crippen LogP contribution is -2.58. The van der Waals surface area contributed by atoms with E-state index in [1.54, 1.807) is 0 Å². The molecular formula is C53H34BN3O2. The van der Waals surface area contributed by atoms with E-state index in [4.69, 9.17) is 9.47 Å². The molecule has 0 N–H and O–H groups in total. The van der Waals surface area contributed by atoms with Gasteiger partial charge in [-0.25, -0.2) is 0 Å². The molecule has 0 unspecified atom stereocenters. The van der Waals surface area contributed by atoms with E-state index in [1.807, 2.05) is 18.5 Å². The Hall–Kier alpha value is -7.83. The van der Waals surface area contributed by atoms with Gasteiger partial charge >= 0.3 is 0 Å². The number of hydrogen-bond acceptors (Lipinski definition) is 5. The van der Waals surface area contributed by atoms with Crippen LogP contribution in [0.1, 0.15) is 0 Å².